The molecule has 3 saturated carbocycles. The van der Waals surface area contributed by atoms with Gasteiger partial charge in [-0.2, -0.15) is 10.5 Å². The molecule has 5 unspecified atom stereocenters. The Hall–Kier alpha value is -3.36. The van der Waals surface area contributed by atoms with Crippen LogP contribution in [0.15, 0.2) is 12.7 Å². The number of unbranched alkanes of at least 4 members (excludes halogenated alkanes) is 1. The zero-order valence-corrected chi connectivity index (χ0v) is 23.0. The number of alkyl halides is 2. The molecular weight excluding hydrogens is 514 g/mol. The second kappa shape index (κ2) is 16.0. The smallest absolute Gasteiger partial charge is 0.330 e. The first-order valence-electron chi connectivity index (χ1n) is 14.4. The van der Waals surface area contributed by atoms with Gasteiger partial charge in [0.2, 0.25) is 0 Å². The van der Waals surface area contributed by atoms with E-state index in [1.165, 1.54) is 0 Å². The van der Waals surface area contributed by atoms with Crippen molar-refractivity contribution in [2.75, 3.05) is 13.2 Å². The van der Waals surface area contributed by atoms with Crippen LogP contribution in [0, 0.1) is 87.8 Å². The number of nitriles is 2. The molecule has 0 N–H and O–H groups in total. The average Bonchev–Trinajstić information content (AvgIpc) is 2.96. The second-order valence-electron chi connectivity index (χ2n) is 11.1. The van der Waals surface area contributed by atoms with Crippen LogP contribution in [0.3, 0.4) is 0 Å². The molecule has 3 rings (SSSR count). The van der Waals surface area contributed by atoms with Crippen molar-refractivity contribution < 1.29 is 27.8 Å². The fourth-order valence-electron chi connectivity index (χ4n) is 5.72. The van der Waals surface area contributed by atoms with E-state index in [2.05, 4.69) is 36.3 Å². The largest absolute Gasteiger partial charge is 0.465 e. The molecule has 3 fully saturated rings. The van der Waals surface area contributed by atoms with Crippen molar-refractivity contribution in [3.05, 3.63) is 12.7 Å². The molecule has 0 saturated heterocycles. The van der Waals surface area contributed by atoms with Gasteiger partial charge in [0.05, 0.1) is 31.3 Å². The lowest BCUT2D eigenvalue weighted by Crippen LogP contribution is -2.34. The summed E-state index contributed by atoms with van der Waals surface area (Å²) in [5.74, 6) is 10.1. The lowest BCUT2D eigenvalue weighted by molar-refractivity contribution is -0.151. The van der Waals surface area contributed by atoms with Gasteiger partial charge in [-0.1, -0.05) is 30.3 Å². The predicted octanol–water partition coefficient (Wildman–Crippen LogP) is 5.63. The van der Waals surface area contributed by atoms with Gasteiger partial charge in [0, 0.05) is 35.7 Å². The molecule has 0 amide bonds. The van der Waals surface area contributed by atoms with Crippen LogP contribution in [0.2, 0.25) is 0 Å². The van der Waals surface area contributed by atoms with E-state index < -0.39 is 36.1 Å². The minimum absolute atomic E-state index is 0.0497. The summed E-state index contributed by atoms with van der Waals surface area (Å²) in [6.07, 6.45) is 4.60. The lowest BCUT2D eigenvalue weighted by Gasteiger charge is -2.31. The fourth-order valence-corrected chi connectivity index (χ4v) is 5.72. The summed E-state index contributed by atoms with van der Waals surface area (Å²) in [7, 11) is 0. The molecular formula is C32H38F2N2O4. The molecule has 3 aliphatic carbocycles. The van der Waals surface area contributed by atoms with Crippen molar-refractivity contribution in [2.24, 2.45) is 41.4 Å². The summed E-state index contributed by atoms with van der Waals surface area (Å²) < 4.78 is 39.0. The van der Waals surface area contributed by atoms with Crippen molar-refractivity contribution in [1.82, 2.24) is 0 Å². The van der Waals surface area contributed by atoms with E-state index in [1.54, 1.807) is 6.07 Å². The zero-order valence-electron chi connectivity index (χ0n) is 23.0. The third kappa shape index (κ3) is 9.38. The first-order valence-corrected chi connectivity index (χ1v) is 14.4. The zero-order chi connectivity index (χ0) is 28.9. The van der Waals surface area contributed by atoms with Gasteiger partial charge in [-0.05, 0) is 70.6 Å². The summed E-state index contributed by atoms with van der Waals surface area (Å²) in [6, 6.07) is 4.06. The van der Waals surface area contributed by atoms with Crippen LogP contribution >= 0.6 is 0 Å². The quantitative estimate of drug-likeness (QED) is 0.176. The molecule has 3 aliphatic rings. The Labute approximate surface area is 236 Å². The van der Waals surface area contributed by atoms with Crippen LogP contribution < -0.4 is 0 Å². The first-order chi connectivity index (χ1) is 19.3. The maximum absolute atomic E-state index is 14.2. The summed E-state index contributed by atoms with van der Waals surface area (Å²) in [5.41, 5.74) is 0. The van der Waals surface area contributed by atoms with E-state index in [9.17, 15) is 18.4 Å². The first kappa shape index (κ1) is 31.2. The molecule has 214 valence electrons. The van der Waals surface area contributed by atoms with E-state index in [0.29, 0.717) is 25.7 Å². The van der Waals surface area contributed by atoms with Crippen LogP contribution in [-0.4, -0.2) is 37.5 Å². The van der Waals surface area contributed by atoms with Crippen LogP contribution in [0.25, 0.3) is 0 Å². The Balaban J connectivity index is 1.60. The highest BCUT2D eigenvalue weighted by molar-refractivity contribution is 5.81. The molecule has 0 radical (unpaired) electrons. The molecule has 40 heavy (non-hydrogen) atoms. The normalized spacial score (nSPS) is 33.4. The number of ether oxygens (including phenoxy) is 2. The Bertz CT molecular complexity index is 1080. The molecule has 0 heterocycles. The average molecular weight is 553 g/mol. The second-order valence-corrected chi connectivity index (χ2v) is 11.1. The van der Waals surface area contributed by atoms with Crippen molar-refractivity contribution >= 4 is 11.9 Å². The lowest BCUT2D eigenvalue weighted by atomic mass is 9.73. The maximum Gasteiger partial charge on any atom is 0.330 e. The van der Waals surface area contributed by atoms with Crippen molar-refractivity contribution in [3.63, 3.8) is 0 Å². The van der Waals surface area contributed by atoms with Crippen LogP contribution in [0.4, 0.5) is 8.78 Å². The van der Waals surface area contributed by atoms with E-state index in [0.717, 1.165) is 38.2 Å². The van der Waals surface area contributed by atoms with E-state index >= 15 is 0 Å². The number of carbonyl (C=O) groups is 2. The summed E-state index contributed by atoms with van der Waals surface area (Å²) in [5, 5.41) is 18.1. The molecule has 0 aromatic carbocycles. The Morgan fingerprint density at radius 1 is 0.750 bits per heavy atom. The highest BCUT2D eigenvalue weighted by Crippen LogP contribution is 2.37. The Morgan fingerprint density at radius 2 is 1.32 bits per heavy atom. The summed E-state index contributed by atoms with van der Waals surface area (Å²) >= 11 is 0. The van der Waals surface area contributed by atoms with Gasteiger partial charge in [0.15, 0.2) is 0 Å². The Morgan fingerprint density at radius 3 is 1.95 bits per heavy atom. The third-order valence-electron chi connectivity index (χ3n) is 8.17. The predicted molar refractivity (Wildman–Crippen MR) is 144 cm³/mol. The molecule has 0 bridgehead atoms. The molecule has 0 spiro atoms. The van der Waals surface area contributed by atoms with Crippen molar-refractivity contribution in [1.29, 1.82) is 10.5 Å². The van der Waals surface area contributed by atoms with Crippen molar-refractivity contribution in [2.45, 2.75) is 83.0 Å². The number of halogens is 2. The number of hydrogen-bond donors (Lipinski definition) is 0. The number of esters is 2. The topological polar surface area (TPSA) is 100 Å². The van der Waals surface area contributed by atoms with Crippen LogP contribution in [-0.2, 0) is 19.1 Å². The fraction of sp³-hybridized carbons (Fsp3) is 0.688. The van der Waals surface area contributed by atoms with Gasteiger partial charge in [-0.3, -0.25) is 4.79 Å². The van der Waals surface area contributed by atoms with E-state index in [4.69, 9.17) is 20.0 Å². The van der Waals surface area contributed by atoms with Gasteiger partial charge in [0.25, 0.3) is 0 Å². The number of carbonyl (C=O) groups excluding carboxylic acids is 2. The van der Waals surface area contributed by atoms with E-state index in [1.807, 2.05) is 0 Å². The van der Waals surface area contributed by atoms with Gasteiger partial charge >= 0.3 is 11.9 Å². The third-order valence-corrected chi connectivity index (χ3v) is 8.17. The Kier molecular flexibility index (Phi) is 12.5. The van der Waals surface area contributed by atoms with Gasteiger partial charge in [-0.15, -0.1) is 0 Å². The molecule has 0 aromatic heterocycles. The van der Waals surface area contributed by atoms with Gasteiger partial charge in [0.1, 0.15) is 18.3 Å². The van der Waals surface area contributed by atoms with Crippen molar-refractivity contribution in [3.8, 4) is 35.8 Å². The molecule has 0 aromatic rings. The number of rotatable bonds is 7. The highest BCUT2D eigenvalue weighted by atomic mass is 19.1. The molecule has 8 heteroatoms. The minimum Gasteiger partial charge on any atom is -0.465 e. The standard InChI is InChI=1S/C32H38F2N2O4/c1-2-31(37)39-15-3-4-16-40-32(38)27-17-23(7-10-25-18-29(33)28(21-36)30(34)19-25)12-14-26(27)13-11-22-5-8-24(20-35)9-6-22/h2,22-30H,1,3-6,8-9,12,14-19H2. The monoisotopic (exact) mass is 552 g/mol. The summed E-state index contributed by atoms with van der Waals surface area (Å²) in [6.45, 7) is 3.77. The maximum atomic E-state index is 14.2. The minimum atomic E-state index is -1.52. The number of hydrogen-bond acceptors (Lipinski definition) is 6. The van der Waals surface area contributed by atoms with Crippen LogP contribution in [0.5, 0.6) is 0 Å². The van der Waals surface area contributed by atoms with Crippen LogP contribution in [0.1, 0.15) is 70.6 Å². The summed E-state index contributed by atoms with van der Waals surface area (Å²) in [4.78, 5) is 24.3. The SMILES string of the molecule is C=CC(=O)OCCCCOC(=O)C1CC(C#CC2CC(F)C(C#N)C(F)C2)CCC1C#CC1CCC(C#N)CC1. The highest BCUT2D eigenvalue weighted by Gasteiger charge is 2.39. The molecule has 0 aliphatic heterocycles. The van der Waals surface area contributed by atoms with Gasteiger partial charge < -0.3 is 9.47 Å². The molecule has 5 atom stereocenters. The van der Waals surface area contributed by atoms with Gasteiger partial charge in [-0.25, -0.2) is 13.6 Å². The number of nitrogens with zero attached hydrogens (tertiary/aromatic N) is 2. The molecule has 6 nitrogen and oxygen atoms in total. The van der Waals surface area contributed by atoms with E-state index in [-0.39, 0.29) is 55.7 Å².